The smallest absolute Gasteiger partial charge is 0.258 e. The van der Waals surface area contributed by atoms with Gasteiger partial charge in [0.2, 0.25) is 5.91 Å². The number of nitrogens with one attached hydrogen (secondary N) is 2. The number of nitrogens with zero attached hydrogens (tertiary/aromatic N) is 2. The van der Waals surface area contributed by atoms with E-state index in [0.29, 0.717) is 39.8 Å². The molecule has 0 aliphatic carbocycles. The molecule has 0 radical (unpaired) electrons. The molecule has 2 heterocycles. The number of carbonyl (C=O) groups excluding carboxylic acids is 1. The van der Waals surface area contributed by atoms with Crippen LogP contribution in [0.4, 0.5) is 0 Å². The number of furan rings is 1. The Bertz CT molecular complexity index is 1260. The highest BCUT2D eigenvalue weighted by Crippen LogP contribution is 2.23. The zero-order chi connectivity index (χ0) is 21.8. The Morgan fingerprint density at radius 2 is 1.90 bits per heavy atom. The lowest BCUT2D eigenvalue weighted by Crippen LogP contribution is -2.35. The van der Waals surface area contributed by atoms with Crippen LogP contribution in [0.25, 0.3) is 22.2 Å². The Hall–Kier alpha value is -3.42. The van der Waals surface area contributed by atoms with E-state index in [1.54, 1.807) is 42.3 Å². The summed E-state index contributed by atoms with van der Waals surface area (Å²) in [6, 6.07) is 18.2. The molecule has 2 N–H and O–H groups in total. The van der Waals surface area contributed by atoms with Crippen LogP contribution >= 0.6 is 11.6 Å². The number of likely N-dealkylation sites (N-methyl/N-ethyl adjacent to an activating group) is 1. The normalized spacial score (nSPS) is 11.2. The fourth-order valence-electron chi connectivity index (χ4n) is 3.25. The van der Waals surface area contributed by atoms with Crippen LogP contribution in [0.1, 0.15) is 11.6 Å². The van der Waals surface area contributed by atoms with Crippen molar-refractivity contribution in [3.05, 3.63) is 87.6 Å². The van der Waals surface area contributed by atoms with Crippen LogP contribution in [-0.4, -0.2) is 34.4 Å². The maximum absolute atomic E-state index is 12.3. The minimum absolute atomic E-state index is 0.154. The molecule has 0 saturated heterocycles. The third kappa shape index (κ3) is 5.20. The van der Waals surface area contributed by atoms with E-state index >= 15 is 0 Å². The molecule has 4 aromatic rings. The number of H-pyrrole nitrogens is 1. The number of benzene rings is 2. The van der Waals surface area contributed by atoms with E-state index in [9.17, 15) is 9.59 Å². The molecule has 4 rings (SSSR count). The number of carbonyl (C=O) groups is 1. The van der Waals surface area contributed by atoms with Gasteiger partial charge in [-0.25, -0.2) is 4.98 Å². The Balaban J connectivity index is 1.31. The summed E-state index contributed by atoms with van der Waals surface area (Å²) in [4.78, 5) is 33.5. The van der Waals surface area contributed by atoms with Crippen molar-refractivity contribution in [3.8, 4) is 11.3 Å². The van der Waals surface area contributed by atoms with Crippen molar-refractivity contribution in [1.29, 1.82) is 0 Å². The van der Waals surface area contributed by atoms with Crippen molar-refractivity contribution in [3.63, 3.8) is 0 Å². The highest BCUT2D eigenvalue weighted by atomic mass is 35.5. The predicted molar refractivity (Wildman–Crippen MR) is 120 cm³/mol. The van der Waals surface area contributed by atoms with E-state index < -0.39 is 0 Å². The molecule has 2 aromatic carbocycles. The van der Waals surface area contributed by atoms with Crippen LogP contribution in [-0.2, 0) is 17.9 Å². The maximum atomic E-state index is 12.3. The Morgan fingerprint density at radius 1 is 1.13 bits per heavy atom. The van der Waals surface area contributed by atoms with Crippen molar-refractivity contribution in [2.24, 2.45) is 0 Å². The molecular weight excluding hydrogens is 416 g/mol. The van der Waals surface area contributed by atoms with Crippen LogP contribution in [0.15, 0.2) is 69.9 Å². The molecular formula is C23H21ClN4O3. The number of hydrogen-bond donors (Lipinski definition) is 2. The molecule has 0 saturated carbocycles. The minimum Gasteiger partial charge on any atom is -0.459 e. The van der Waals surface area contributed by atoms with Crippen LogP contribution < -0.4 is 10.9 Å². The first-order valence-electron chi connectivity index (χ1n) is 9.76. The number of halogens is 1. The second-order valence-corrected chi connectivity index (χ2v) is 7.69. The summed E-state index contributed by atoms with van der Waals surface area (Å²) in [5, 5.41) is 4.05. The van der Waals surface area contributed by atoms with Gasteiger partial charge in [0.15, 0.2) is 0 Å². The lowest BCUT2D eigenvalue weighted by Gasteiger charge is -2.15. The molecule has 2 aromatic heterocycles. The molecule has 31 heavy (non-hydrogen) atoms. The molecule has 0 fully saturated rings. The highest BCUT2D eigenvalue weighted by Gasteiger charge is 2.11. The molecule has 1 amide bonds. The molecule has 0 bridgehead atoms. The Labute approximate surface area is 183 Å². The summed E-state index contributed by atoms with van der Waals surface area (Å²) >= 11 is 5.91. The van der Waals surface area contributed by atoms with Gasteiger partial charge in [-0.1, -0.05) is 23.7 Å². The molecule has 7 nitrogen and oxygen atoms in total. The Morgan fingerprint density at radius 3 is 2.71 bits per heavy atom. The summed E-state index contributed by atoms with van der Waals surface area (Å²) in [5.74, 6) is 1.72. The van der Waals surface area contributed by atoms with Gasteiger partial charge >= 0.3 is 0 Å². The van der Waals surface area contributed by atoms with Crippen LogP contribution in [0.5, 0.6) is 0 Å². The van der Waals surface area contributed by atoms with Gasteiger partial charge in [0.1, 0.15) is 17.3 Å². The van der Waals surface area contributed by atoms with Crippen molar-refractivity contribution in [1.82, 2.24) is 20.2 Å². The number of aromatic nitrogens is 2. The molecule has 158 valence electrons. The van der Waals surface area contributed by atoms with E-state index in [1.165, 1.54) is 0 Å². The van der Waals surface area contributed by atoms with Crippen molar-refractivity contribution in [2.45, 2.75) is 13.1 Å². The second-order valence-electron chi connectivity index (χ2n) is 7.25. The monoisotopic (exact) mass is 436 g/mol. The SMILES string of the molecule is CN(CC(=O)NCc1ccc(-c2ccc(Cl)cc2)o1)Cc1nc2ccccc2c(=O)[nH]1. The predicted octanol–water partition coefficient (Wildman–Crippen LogP) is 3.58. The van der Waals surface area contributed by atoms with E-state index in [2.05, 4.69) is 15.3 Å². The van der Waals surface area contributed by atoms with Crippen LogP contribution in [0.2, 0.25) is 5.02 Å². The van der Waals surface area contributed by atoms with E-state index in [-0.39, 0.29) is 24.6 Å². The van der Waals surface area contributed by atoms with E-state index in [1.807, 2.05) is 30.3 Å². The third-order valence-electron chi connectivity index (χ3n) is 4.75. The fourth-order valence-corrected chi connectivity index (χ4v) is 3.38. The lowest BCUT2D eigenvalue weighted by atomic mass is 10.2. The minimum atomic E-state index is -0.187. The van der Waals surface area contributed by atoms with Gasteiger partial charge in [-0.3, -0.25) is 14.5 Å². The number of amides is 1. The molecule has 8 heteroatoms. The summed E-state index contributed by atoms with van der Waals surface area (Å²) in [7, 11) is 1.79. The topological polar surface area (TPSA) is 91.2 Å². The van der Waals surface area contributed by atoms with Crippen molar-refractivity contribution < 1.29 is 9.21 Å². The maximum Gasteiger partial charge on any atom is 0.258 e. The van der Waals surface area contributed by atoms with Crippen LogP contribution in [0.3, 0.4) is 0 Å². The number of fused-ring (bicyclic) bond motifs is 1. The van der Waals surface area contributed by atoms with Crippen LogP contribution in [0, 0.1) is 0 Å². The van der Waals surface area contributed by atoms with Gasteiger partial charge in [-0.2, -0.15) is 0 Å². The molecule has 0 aliphatic heterocycles. The molecule has 0 atom stereocenters. The molecule has 0 spiro atoms. The summed E-state index contributed by atoms with van der Waals surface area (Å²) < 4.78 is 5.79. The summed E-state index contributed by atoms with van der Waals surface area (Å²) in [5.41, 5.74) is 1.36. The van der Waals surface area contributed by atoms with Gasteiger partial charge in [-0.05, 0) is 55.6 Å². The fraction of sp³-hybridized carbons (Fsp3) is 0.174. The third-order valence-corrected chi connectivity index (χ3v) is 5.00. The largest absolute Gasteiger partial charge is 0.459 e. The van der Waals surface area contributed by atoms with Gasteiger partial charge in [0.25, 0.3) is 5.56 Å². The first-order valence-corrected chi connectivity index (χ1v) is 10.1. The van der Waals surface area contributed by atoms with Gasteiger partial charge in [0.05, 0.1) is 30.5 Å². The van der Waals surface area contributed by atoms with E-state index in [4.69, 9.17) is 16.0 Å². The van der Waals surface area contributed by atoms with Gasteiger partial charge in [-0.15, -0.1) is 0 Å². The zero-order valence-corrected chi connectivity index (χ0v) is 17.6. The first kappa shape index (κ1) is 20.8. The van der Waals surface area contributed by atoms with Gasteiger partial charge in [0, 0.05) is 10.6 Å². The number of rotatable bonds is 7. The van der Waals surface area contributed by atoms with Gasteiger partial charge < -0.3 is 14.7 Å². The average molecular weight is 437 g/mol. The quantitative estimate of drug-likeness (QED) is 0.462. The molecule has 0 aliphatic rings. The standard InChI is InChI=1S/C23H21ClN4O3/c1-28(13-21-26-19-5-3-2-4-18(19)23(30)27-21)14-22(29)25-12-17-10-11-20(31-17)15-6-8-16(24)9-7-15/h2-11H,12-14H2,1H3,(H,25,29)(H,26,27,30). The lowest BCUT2D eigenvalue weighted by molar-refractivity contribution is -0.122. The second kappa shape index (κ2) is 9.16. The highest BCUT2D eigenvalue weighted by molar-refractivity contribution is 6.30. The van der Waals surface area contributed by atoms with Crippen molar-refractivity contribution >= 4 is 28.4 Å². The summed E-state index contributed by atoms with van der Waals surface area (Å²) in [6.07, 6.45) is 0. The molecule has 0 unspecified atom stereocenters. The number of hydrogen-bond acceptors (Lipinski definition) is 5. The van der Waals surface area contributed by atoms with E-state index in [0.717, 1.165) is 5.56 Å². The summed E-state index contributed by atoms with van der Waals surface area (Å²) in [6.45, 7) is 0.779. The van der Waals surface area contributed by atoms with Crippen molar-refractivity contribution in [2.75, 3.05) is 13.6 Å². The zero-order valence-electron chi connectivity index (χ0n) is 16.9. The number of aromatic amines is 1. The average Bonchev–Trinajstić information content (AvgIpc) is 3.22. The first-order chi connectivity index (χ1) is 15.0. The number of para-hydroxylation sites is 1. The Kier molecular flexibility index (Phi) is 6.16.